The van der Waals surface area contributed by atoms with Crippen LogP contribution in [0, 0.1) is 0 Å². The Hall–Kier alpha value is -2.75. The fraction of sp³-hybridized carbons (Fsp3) is 0.250. The van der Waals surface area contributed by atoms with Gasteiger partial charge in [0.15, 0.2) is 5.76 Å². The summed E-state index contributed by atoms with van der Waals surface area (Å²) in [5.74, 6) is 1.08. The summed E-state index contributed by atoms with van der Waals surface area (Å²) in [6.45, 7) is 3.26. The van der Waals surface area contributed by atoms with Crippen molar-refractivity contribution < 1.29 is 13.9 Å². The molecule has 0 saturated heterocycles. The van der Waals surface area contributed by atoms with Crippen LogP contribution in [0.25, 0.3) is 11.0 Å². The number of nitrogens with one attached hydrogen (secondary N) is 1. The van der Waals surface area contributed by atoms with Crippen LogP contribution in [-0.4, -0.2) is 19.1 Å². The third-order valence-corrected chi connectivity index (χ3v) is 3.81. The van der Waals surface area contributed by atoms with Crippen molar-refractivity contribution in [3.8, 4) is 5.75 Å². The molecule has 0 aliphatic rings. The zero-order chi connectivity index (χ0) is 16.8. The van der Waals surface area contributed by atoms with Crippen LogP contribution >= 0.6 is 0 Å². The van der Waals surface area contributed by atoms with E-state index in [1.54, 1.807) is 6.07 Å². The summed E-state index contributed by atoms with van der Waals surface area (Å²) in [6.07, 6.45) is 1.78. The quantitative estimate of drug-likeness (QED) is 0.663. The fourth-order valence-corrected chi connectivity index (χ4v) is 2.59. The lowest BCUT2D eigenvalue weighted by molar-refractivity contribution is 0.0927. The van der Waals surface area contributed by atoms with Crippen LogP contribution in [-0.2, 0) is 6.42 Å². The minimum Gasteiger partial charge on any atom is -0.494 e. The first-order chi connectivity index (χ1) is 11.8. The van der Waals surface area contributed by atoms with Crippen molar-refractivity contribution in [2.45, 2.75) is 19.8 Å². The molecule has 0 unspecified atom stereocenters. The highest BCUT2D eigenvalue weighted by Crippen LogP contribution is 2.18. The van der Waals surface area contributed by atoms with E-state index < -0.39 is 0 Å². The van der Waals surface area contributed by atoms with Crippen LogP contribution < -0.4 is 10.1 Å². The number of para-hydroxylation sites is 1. The number of furan rings is 1. The van der Waals surface area contributed by atoms with Crippen molar-refractivity contribution >= 4 is 16.9 Å². The largest absolute Gasteiger partial charge is 0.494 e. The van der Waals surface area contributed by atoms with E-state index >= 15 is 0 Å². The van der Waals surface area contributed by atoms with Gasteiger partial charge in [-0.3, -0.25) is 4.79 Å². The second-order valence-electron chi connectivity index (χ2n) is 5.58. The molecule has 24 heavy (non-hydrogen) atoms. The standard InChI is InChI=1S/C20H21NO3/c1-2-23-17-11-9-15(10-12-17)6-5-13-21-20(22)19-14-16-7-3-4-8-18(16)24-19/h3-4,7-12,14H,2,5-6,13H2,1H3,(H,21,22). The van der Waals surface area contributed by atoms with Crippen molar-refractivity contribution in [1.82, 2.24) is 5.32 Å². The maximum Gasteiger partial charge on any atom is 0.287 e. The Morgan fingerprint density at radius 2 is 1.92 bits per heavy atom. The molecule has 2 aromatic carbocycles. The molecular weight excluding hydrogens is 302 g/mol. The first-order valence-corrected chi connectivity index (χ1v) is 8.25. The maximum absolute atomic E-state index is 12.1. The van der Waals surface area contributed by atoms with E-state index in [1.807, 2.05) is 43.3 Å². The SMILES string of the molecule is CCOc1ccc(CCCNC(=O)c2cc3ccccc3o2)cc1. The predicted molar refractivity (Wildman–Crippen MR) is 94.5 cm³/mol. The average molecular weight is 323 g/mol. The van der Waals surface area contributed by atoms with Crippen molar-refractivity contribution in [3.63, 3.8) is 0 Å². The molecule has 3 aromatic rings. The first kappa shape index (κ1) is 16.1. The van der Waals surface area contributed by atoms with Crippen LogP contribution in [0.5, 0.6) is 5.75 Å². The van der Waals surface area contributed by atoms with Gasteiger partial charge >= 0.3 is 0 Å². The second-order valence-corrected chi connectivity index (χ2v) is 5.58. The minimum atomic E-state index is -0.169. The van der Waals surface area contributed by atoms with Gasteiger partial charge in [-0.1, -0.05) is 30.3 Å². The number of amides is 1. The first-order valence-electron chi connectivity index (χ1n) is 8.25. The highest BCUT2D eigenvalue weighted by Gasteiger charge is 2.11. The lowest BCUT2D eigenvalue weighted by Gasteiger charge is -2.06. The normalized spacial score (nSPS) is 10.7. The monoisotopic (exact) mass is 323 g/mol. The lowest BCUT2D eigenvalue weighted by Crippen LogP contribution is -2.24. The molecule has 1 heterocycles. The van der Waals surface area contributed by atoms with Gasteiger partial charge in [-0.25, -0.2) is 0 Å². The third kappa shape index (κ3) is 3.96. The molecule has 1 N–H and O–H groups in total. The van der Waals surface area contributed by atoms with Gasteiger partial charge in [0.05, 0.1) is 6.61 Å². The number of fused-ring (bicyclic) bond motifs is 1. The summed E-state index contributed by atoms with van der Waals surface area (Å²) in [7, 11) is 0. The second kappa shape index (κ2) is 7.68. The lowest BCUT2D eigenvalue weighted by atomic mass is 10.1. The van der Waals surface area contributed by atoms with E-state index in [1.165, 1.54) is 5.56 Å². The summed E-state index contributed by atoms with van der Waals surface area (Å²) in [5.41, 5.74) is 1.97. The number of ether oxygens (including phenoxy) is 1. The molecule has 0 radical (unpaired) electrons. The Morgan fingerprint density at radius 1 is 1.12 bits per heavy atom. The van der Waals surface area contributed by atoms with E-state index in [9.17, 15) is 4.79 Å². The van der Waals surface area contributed by atoms with Crippen LogP contribution in [0.15, 0.2) is 59.0 Å². The van der Waals surface area contributed by atoms with Crippen molar-refractivity contribution in [2.24, 2.45) is 0 Å². The highest BCUT2D eigenvalue weighted by molar-refractivity contribution is 5.96. The van der Waals surface area contributed by atoms with Crippen molar-refractivity contribution in [2.75, 3.05) is 13.2 Å². The molecule has 124 valence electrons. The summed E-state index contributed by atoms with van der Waals surface area (Å²) in [6, 6.07) is 17.5. The van der Waals surface area contributed by atoms with Gasteiger partial charge in [-0.15, -0.1) is 0 Å². The van der Waals surface area contributed by atoms with E-state index in [0.717, 1.165) is 29.6 Å². The summed E-state index contributed by atoms with van der Waals surface area (Å²) in [4.78, 5) is 12.1. The number of hydrogen-bond acceptors (Lipinski definition) is 3. The molecule has 4 heteroatoms. The third-order valence-electron chi connectivity index (χ3n) is 3.81. The van der Waals surface area contributed by atoms with Crippen LogP contribution in [0.3, 0.4) is 0 Å². The molecule has 0 fully saturated rings. The number of carbonyl (C=O) groups is 1. The molecular formula is C20H21NO3. The Labute approximate surface area is 141 Å². The molecule has 0 aliphatic carbocycles. The Bertz CT molecular complexity index is 772. The topological polar surface area (TPSA) is 51.5 Å². The van der Waals surface area contributed by atoms with Crippen LogP contribution in [0.1, 0.15) is 29.5 Å². The van der Waals surface area contributed by atoms with E-state index in [-0.39, 0.29) is 5.91 Å². The molecule has 0 atom stereocenters. The number of benzene rings is 2. The number of hydrogen-bond donors (Lipinski definition) is 1. The molecule has 0 bridgehead atoms. The van der Waals surface area contributed by atoms with Crippen LogP contribution in [0.4, 0.5) is 0 Å². The number of rotatable bonds is 7. The molecule has 1 aromatic heterocycles. The zero-order valence-electron chi connectivity index (χ0n) is 13.7. The van der Waals surface area contributed by atoms with E-state index in [2.05, 4.69) is 17.4 Å². The summed E-state index contributed by atoms with van der Waals surface area (Å²) < 4.78 is 11.0. The van der Waals surface area contributed by atoms with Gasteiger partial charge in [0.25, 0.3) is 5.91 Å². The maximum atomic E-state index is 12.1. The molecule has 0 aliphatic heterocycles. The minimum absolute atomic E-state index is 0.169. The molecule has 4 nitrogen and oxygen atoms in total. The zero-order valence-corrected chi connectivity index (χ0v) is 13.7. The molecule has 0 saturated carbocycles. The van der Waals surface area contributed by atoms with Crippen molar-refractivity contribution in [3.05, 3.63) is 65.9 Å². The van der Waals surface area contributed by atoms with E-state index in [0.29, 0.717) is 18.9 Å². The Morgan fingerprint density at radius 3 is 2.67 bits per heavy atom. The van der Waals surface area contributed by atoms with Gasteiger partial charge < -0.3 is 14.5 Å². The van der Waals surface area contributed by atoms with Gasteiger partial charge in [0, 0.05) is 11.9 Å². The highest BCUT2D eigenvalue weighted by atomic mass is 16.5. The summed E-state index contributed by atoms with van der Waals surface area (Å²) >= 11 is 0. The van der Waals surface area contributed by atoms with Gasteiger partial charge in [0.2, 0.25) is 0 Å². The van der Waals surface area contributed by atoms with Gasteiger partial charge in [0.1, 0.15) is 11.3 Å². The van der Waals surface area contributed by atoms with E-state index in [4.69, 9.17) is 9.15 Å². The summed E-state index contributed by atoms with van der Waals surface area (Å²) in [5, 5.41) is 3.85. The number of aryl methyl sites for hydroxylation is 1. The molecule has 3 rings (SSSR count). The van der Waals surface area contributed by atoms with Gasteiger partial charge in [-0.05, 0) is 49.6 Å². The van der Waals surface area contributed by atoms with Crippen LogP contribution in [0.2, 0.25) is 0 Å². The molecule has 1 amide bonds. The average Bonchev–Trinajstić information content (AvgIpc) is 3.04. The smallest absolute Gasteiger partial charge is 0.287 e. The Kier molecular flexibility index (Phi) is 5.16. The molecule has 0 spiro atoms. The number of carbonyl (C=O) groups excluding carboxylic acids is 1. The van der Waals surface area contributed by atoms with Gasteiger partial charge in [-0.2, -0.15) is 0 Å². The fourth-order valence-electron chi connectivity index (χ4n) is 2.59. The Balaban J connectivity index is 1.46. The van der Waals surface area contributed by atoms with Crippen molar-refractivity contribution in [1.29, 1.82) is 0 Å². The predicted octanol–water partition coefficient (Wildman–Crippen LogP) is 4.19.